The minimum absolute atomic E-state index is 0.0866. The van der Waals surface area contributed by atoms with Crippen LogP contribution in [-0.4, -0.2) is 42.5 Å². The van der Waals surface area contributed by atoms with Crippen LogP contribution in [0.4, 0.5) is 5.69 Å². The lowest BCUT2D eigenvalue weighted by Crippen LogP contribution is -2.71. The van der Waals surface area contributed by atoms with Gasteiger partial charge in [-0.1, -0.05) is 31.9 Å². The van der Waals surface area contributed by atoms with Gasteiger partial charge in [0.1, 0.15) is 12.1 Å². The van der Waals surface area contributed by atoms with Gasteiger partial charge >= 0.3 is 0 Å². The number of rotatable bonds is 7. The second-order valence-corrected chi connectivity index (χ2v) is 7.67. The van der Waals surface area contributed by atoms with Gasteiger partial charge in [0.15, 0.2) is 0 Å². The van der Waals surface area contributed by atoms with Crippen molar-refractivity contribution in [3.63, 3.8) is 0 Å². The molecule has 1 aromatic rings. The largest absolute Gasteiger partial charge is 0.355 e. The summed E-state index contributed by atoms with van der Waals surface area (Å²) in [5, 5.41) is 12.6. The molecule has 4 N–H and O–H groups in total. The first-order valence-corrected chi connectivity index (χ1v) is 10.0. The third kappa shape index (κ3) is 5.78. The van der Waals surface area contributed by atoms with Crippen molar-refractivity contribution in [2.45, 2.75) is 78.0 Å². The van der Waals surface area contributed by atoms with Gasteiger partial charge in [0, 0.05) is 24.3 Å². The minimum atomic E-state index is -0.623. The molecule has 0 aliphatic carbocycles. The van der Waals surface area contributed by atoms with Crippen molar-refractivity contribution < 1.29 is 9.59 Å². The lowest BCUT2D eigenvalue weighted by Gasteiger charge is -2.39. The molecule has 1 saturated heterocycles. The molecule has 6 heteroatoms. The summed E-state index contributed by atoms with van der Waals surface area (Å²) >= 11 is 0. The van der Waals surface area contributed by atoms with E-state index in [0.717, 1.165) is 36.1 Å². The number of anilines is 1. The van der Waals surface area contributed by atoms with Crippen LogP contribution in [0.3, 0.4) is 0 Å². The van der Waals surface area contributed by atoms with Gasteiger partial charge < -0.3 is 21.3 Å². The van der Waals surface area contributed by atoms with E-state index in [1.807, 2.05) is 45.9 Å². The minimum Gasteiger partial charge on any atom is -0.355 e. The molecule has 0 spiro atoms. The Bertz CT molecular complexity index is 662. The van der Waals surface area contributed by atoms with Gasteiger partial charge in [-0.3, -0.25) is 9.59 Å². The Morgan fingerprint density at radius 3 is 2.26 bits per heavy atom. The Balaban J connectivity index is 2.10. The Labute approximate surface area is 162 Å². The fourth-order valence-electron chi connectivity index (χ4n) is 3.28. The number of amides is 2. The zero-order chi connectivity index (χ0) is 20.0. The number of carbonyl (C=O) groups is 2. The van der Waals surface area contributed by atoms with Gasteiger partial charge in [0.25, 0.3) is 0 Å². The fourth-order valence-corrected chi connectivity index (χ4v) is 3.28. The third-order valence-electron chi connectivity index (χ3n) is 5.26. The van der Waals surface area contributed by atoms with Gasteiger partial charge in [-0.2, -0.15) is 0 Å². The smallest absolute Gasteiger partial charge is 0.243 e. The van der Waals surface area contributed by atoms with E-state index in [-0.39, 0.29) is 23.9 Å². The maximum Gasteiger partial charge on any atom is 0.243 e. The molecule has 0 aromatic heterocycles. The molecule has 27 heavy (non-hydrogen) atoms. The highest BCUT2D eigenvalue weighted by atomic mass is 16.2. The molecular weight excluding hydrogens is 340 g/mol. The number of nitrogens with one attached hydrogen (secondary N) is 4. The Morgan fingerprint density at radius 2 is 1.63 bits per heavy atom. The number of piperazine rings is 1. The molecule has 6 nitrogen and oxygen atoms in total. The van der Waals surface area contributed by atoms with Crippen LogP contribution in [0.25, 0.3) is 0 Å². The van der Waals surface area contributed by atoms with Crippen molar-refractivity contribution in [2.75, 3.05) is 11.9 Å². The Hall–Kier alpha value is -1.92. The quantitative estimate of drug-likeness (QED) is 0.552. The second-order valence-electron chi connectivity index (χ2n) is 7.67. The van der Waals surface area contributed by atoms with Crippen LogP contribution in [-0.2, 0) is 9.59 Å². The van der Waals surface area contributed by atoms with Crippen molar-refractivity contribution in [3.05, 3.63) is 29.3 Å². The number of hydrogen-bond donors (Lipinski definition) is 4. The van der Waals surface area contributed by atoms with Crippen LogP contribution in [0.5, 0.6) is 0 Å². The summed E-state index contributed by atoms with van der Waals surface area (Å²) < 4.78 is 0. The van der Waals surface area contributed by atoms with E-state index < -0.39 is 12.1 Å². The number of hydrogen-bond acceptors (Lipinski definition) is 4. The average Bonchev–Trinajstić information content (AvgIpc) is 2.63. The highest BCUT2D eigenvalue weighted by Gasteiger charge is 2.40. The van der Waals surface area contributed by atoms with Gasteiger partial charge in [0.05, 0.1) is 0 Å². The van der Waals surface area contributed by atoms with Crippen LogP contribution in [0.15, 0.2) is 18.2 Å². The van der Waals surface area contributed by atoms with Gasteiger partial charge in [-0.25, -0.2) is 0 Å². The molecule has 1 aliphatic rings. The van der Waals surface area contributed by atoms with Crippen LogP contribution in [0.1, 0.15) is 51.2 Å². The zero-order valence-corrected chi connectivity index (χ0v) is 17.2. The molecule has 1 aromatic carbocycles. The van der Waals surface area contributed by atoms with Crippen molar-refractivity contribution in [1.82, 2.24) is 16.0 Å². The van der Waals surface area contributed by atoms with Crippen molar-refractivity contribution >= 4 is 17.5 Å². The summed E-state index contributed by atoms with van der Waals surface area (Å²) in [7, 11) is 0. The fraction of sp³-hybridized carbons (Fsp3) is 0.619. The molecule has 1 fully saturated rings. The monoisotopic (exact) mass is 374 g/mol. The lowest BCUT2D eigenvalue weighted by atomic mass is 9.96. The van der Waals surface area contributed by atoms with Crippen molar-refractivity contribution in [3.8, 4) is 0 Å². The summed E-state index contributed by atoms with van der Waals surface area (Å²) in [4.78, 5) is 25.7. The third-order valence-corrected chi connectivity index (χ3v) is 5.26. The maximum atomic E-state index is 13.0. The molecule has 4 unspecified atom stereocenters. The SMILES string of the molecule is CCCCCNC(=O)C1NC(C)C(C)NC1C(=O)Nc1cc(C)ccc1C. The van der Waals surface area contributed by atoms with Crippen LogP contribution < -0.4 is 21.3 Å². The van der Waals surface area contributed by atoms with E-state index in [1.165, 1.54) is 0 Å². The highest BCUT2D eigenvalue weighted by Crippen LogP contribution is 2.18. The molecular formula is C21H34N4O2. The summed E-state index contributed by atoms with van der Waals surface area (Å²) in [6, 6.07) is 4.92. The summed E-state index contributed by atoms with van der Waals surface area (Å²) in [6.45, 7) is 10.8. The van der Waals surface area contributed by atoms with E-state index in [4.69, 9.17) is 0 Å². The van der Waals surface area contributed by atoms with Crippen molar-refractivity contribution in [2.24, 2.45) is 0 Å². The zero-order valence-electron chi connectivity index (χ0n) is 17.2. The van der Waals surface area contributed by atoms with E-state index in [9.17, 15) is 9.59 Å². The molecule has 1 aliphatic heterocycles. The molecule has 2 amide bonds. The van der Waals surface area contributed by atoms with E-state index in [2.05, 4.69) is 28.2 Å². The first-order valence-electron chi connectivity index (χ1n) is 10.0. The topological polar surface area (TPSA) is 82.3 Å². The lowest BCUT2D eigenvalue weighted by molar-refractivity contribution is -0.129. The normalized spacial score (nSPS) is 25.1. The van der Waals surface area contributed by atoms with Crippen LogP contribution in [0.2, 0.25) is 0 Å². The number of aryl methyl sites for hydroxylation is 2. The molecule has 0 saturated carbocycles. The summed E-state index contributed by atoms with van der Waals surface area (Å²) in [6.07, 6.45) is 3.14. The molecule has 0 bridgehead atoms. The van der Waals surface area contributed by atoms with E-state index in [1.54, 1.807) is 0 Å². The standard InChI is InChI=1S/C21H34N4O2/c1-6-7-8-11-22-20(26)18-19(24-16(5)15(4)23-18)21(27)25-17-12-13(2)9-10-14(17)3/h9-10,12,15-16,18-19,23-24H,6-8,11H2,1-5H3,(H,22,26)(H,25,27). The van der Waals surface area contributed by atoms with Gasteiger partial charge in [0.2, 0.25) is 11.8 Å². The molecule has 1 heterocycles. The second kappa shape index (κ2) is 9.85. The average molecular weight is 375 g/mol. The first-order chi connectivity index (χ1) is 12.8. The predicted molar refractivity (Wildman–Crippen MR) is 110 cm³/mol. The predicted octanol–water partition coefficient (Wildman–Crippen LogP) is 2.26. The summed E-state index contributed by atoms with van der Waals surface area (Å²) in [5.41, 5.74) is 2.87. The van der Waals surface area contributed by atoms with Crippen molar-refractivity contribution in [1.29, 1.82) is 0 Å². The Morgan fingerprint density at radius 1 is 1.00 bits per heavy atom. The van der Waals surface area contributed by atoms with E-state index >= 15 is 0 Å². The van der Waals surface area contributed by atoms with Gasteiger partial charge in [-0.15, -0.1) is 0 Å². The van der Waals surface area contributed by atoms with Crippen LogP contribution >= 0.6 is 0 Å². The first kappa shape index (κ1) is 21.4. The van der Waals surface area contributed by atoms with Gasteiger partial charge in [-0.05, 0) is 51.3 Å². The number of carbonyl (C=O) groups excluding carboxylic acids is 2. The maximum absolute atomic E-state index is 13.0. The Kier molecular flexibility index (Phi) is 7.80. The summed E-state index contributed by atoms with van der Waals surface area (Å²) in [5.74, 6) is -0.317. The molecule has 0 radical (unpaired) electrons. The van der Waals surface area contributed by atoms with E-state index in [0.29, 0.717) is 6.54 Å². The molecule has 150 valence electrons. The number of unbranched alkanes of at least 4 members (excludes halogenated alkanes) is 2. The number of benzene rings is 1. The highest BCUT2D eigenvalue weighted by molar-refractivity contribution is 6.00. The van der Waals surface area contributed by atoms with Crippen LogP contribution in [0, 0.1) is 13.8 Å². The molecule has 4 atom stereocenters. The molecule has 2 rings (SSSR count).